The van der Waals surface area contributed by atoms with E-state index in [9.17, 15) is 18.0 Å². The average molecular weight is 439 g/mol. The summed E-state index contributed by atoms with van der Waals surface area (Å²) in [6.45, 7) is -1.45. The molecule has 4 rings (SSSR count). The highest BCUT2D eigenvalue weighted by molar-refractivity contribution is 6.33. The Morgan fingerprint density at radius 1 is 1.00 bits per heavy atom. The molecule has 5 nitrogen and oxygen atoms in total. The molecule has 0 aliphatic heterocycles. The molecule has 148 valence electrons. The minimum Gasteiger partial charge on any atom is -0.288 e. The van der Waals surface area contributed by atoms with Crippen molar-refractivity contribution in [3.63, 3.8) is 0 Å². The van der Waals surface area contributed by atoms with Gasteiger partial charge in [-0.25, -0.2) is 9.97 Å². The monoisotopic (exact) mass is 438 g/mol. The predicted octanol–water partition coefficient (Wildman–Crippen LogP) is 5.12. The van der Waals surface area contributed by atoms with E-state index in [1.807, 2.05) is 0 Å². The van der Waals surface area contributed by atoms with Crippen molar-refractivity contribution in [2.24, 2.45) is 0 Å². The molecule has 0 bridgehead atoms. The van der Waals surface area contributed by atoms with Crippen LogP contribution in [0.25, 0.3) is 28.2 Å². The Kier molecular flexibility index (Phi) is 4.84. The minimum absolute atomic E-state index is 0.116. The molecule has 0 spiro atoms. The molecule has 0 fully saturated rings. The van der Waals surface area contributed by atoms with Crippen LogP contribution in [0.5, 0.6) is 0 Å². The lowest BCUT2D eigenvalue weighted by Gasteiger charge is -2.11. The number of rotatable bonds is 3. The lowest BCUT2D eigenvalue weighted by Crippen LogP contribution is -2.28. The van der Waals surface area contributed by atoms with Gasteiger partial charge in [0.1, 0.15) is 18.7 Å². The van der Waals surface area contributed by atoms with Crippen LogP contribution in [-0.2, 0) is 6.54 Å². The van der Waals surface area contributed by atoms with Gasteiger partial charge >= 0.3 is 6.18 Å². The van der Waals surface area contributed by atoms with Gasteiger partial charge in [-0.05, 0) is 36.4 Å². The summed E-state index contributed by atoms with van der Waals surface area (Å²) in [5.74, 6) is 0.280. The largest absolute Gasteiger partial charge is 0.406 e. The van der Waals surface area contributed by atoms with Gasteiger partial charge in [-0.2, -0.15) is 13.2 Å². The zero-order valence-corrected chi connectivity index (χ0v) is 16.0. The molecule has 2 heterocycles. The van der Waals surface area contributed by atoms with E-state index < -0.39 is 18.3 Å². The van der Waals surface area contributed by atoms with Crippen LogP contribution in [0.1, 0.15) is 0 Å². The summed E-state index contributed by atoms with van der Waals surface area (Å²) in [6, 6.07) is 13.5. The fraction of sp³-hybridized carbons (Fsp3) is 0.105. The Morgan fingerprint density at radius 2 is 1.69 bits per heavy atom. The molecule has 0 atom stereocenters. The second kappa shape index (κ2) is 7.20. The summed E-state index contributed by atoms with van der Waals surface area (Å²) < 4.78 is 40.4. The van der Waals surface area contributed by atoms with E-state index in [-0.39, 0.29) is 17.0 Å². The fourth-order valence-corrected chi connectivity index (χ4v) is 3.30. The second-order valence-electron chi connectivity index (χ2n) is 6.19. The number of halogens is 5. The summed E-state index contributed by atoms with van der Waals surface area (Å²) in [7, 11) is 0. The van der Waals surface area contributed by atoms with Crippen LogP contribution in [0.4, 0.5) is 13.2 Å². The van der Waals surface area contributed by atoms with Gasteiger partial charge in [0.15, 0.2) is 11.2 Å². The van der Waals surface area contributed by atoms with Gasteiger partial charge in [-0.15, -0.1) is 0 Å². The SMILES string of the molecule is O=c1c2nc(-c3ccccc3Cl)n(-c3ccc(Cl)cc3)c2ncn1CC(F)(F)F. The fourth-order valence-electron chi connectivity index (χ4n) is 2.95. The molecule has 29 heavy (non-hydrogen) atoms. The molecule has 0 saturated carbocycles. The van der Waals surface area contributed by atoms with Gasteiger partial charge in [-0.3, -0.25) is 13.9 Å². The van der Waals surface area contributed by atoms with Gasteiger partial charge in [0.05, 0.1) is 5.02 Å². The molecular formula is C19H11Cl2F3N4O. The lowest BCUT2D eigenvalue weighted by atomic mass is 10.2. The third kappa shape index (κ3) is 3.73. The molecule has 0 amide bonds. The van der Waals surface area contributed by atoms with Crippen LogP contribution >= 0.6 is 23.2 Å². The summed E-state index contributed by atoms with van der Waals surface area (Å²) in [5, 5.41) is 0.867. The Hall–Kier alpha value is -2.84. The van der Waals surface area contributed by atoms with Crippen molar-refractivity contribution >= 4 is 34.4 Å². The predicted molar refractivity (Wildman–Crippen MR) is 105 cm³/mol. The standard InChI is InChI=1S/C19H11Cl2F3N4O/c20-11-5-7-12(8-6-11)28-16(13-3-1-2-4-14(13)21)26-15-17(28)25-10-27(18(15)29)9-19(22,23)24/h1-8,10H,9H2. The highest BCUT2D eigenvalue weighted by Crippen LogP contribution is 2.31. The molecule has 4 aromatic rings. The topological polar surface area (TPSA) is 52.7 Å². The molecule has 2 aromatic heterocycles. The first kappa shape index (κ1) is 19.5. The number of aromatic nitrogens is 4. The number of hydrogen-bond acceptors (Lipinski definition) is 3. The summed E-state index contributed by atoms with van der Waals surface area (Å²) in [5.41, 5.74) is 0.108. The number of benzene rings is 2. The zero-order chi connectivity index (χ0) is 20.8. The molecule has 0 radical (unpaired) electrons. The maximum atomic E-state index is 12.8. The molecule has 0 aliphatic carbocycles. The number of hydrogen-bond donors (Lipinski definition) is 0. The zero-order valence-electron chi connectivity index (χ0n) is 14.5. The van der Waals surface area contributed by atoms with Crippen LogP contribution < -0.4 is 5.56 Å². The summed E-state index contributed by atoms with van der Waals surface area (Å²) in [4.78, 5) is 21.1. The van der Waals surface area contributed by atoms with Crippen molar-refractivity contribution in [3.8, 4) is 17.1 Å². The van der Waals surface area contributed by atoms with Gasteiger partial charge in [0.25, 0.3) is 5.56 Å². The van der Waals surface area contributed by atoms with E-state index in [1.165, 1.54) is 0 Å². The van der Waals surface area contributed by atoms with Gasteiger partial charge in [0, 0.05) is 16.3 Å². The number of alkyl halides is 3. The molecular weight excluding hydrogens is 428 g/mol. The Morgan fingerprint density at radius 3 is 2.34 bits per heavy atom. The average Bonchev–Trinajstić information content (AvgIpc) is 3.04. The van der Waals surface area contributed by atoms with Crippen molar-refractivity contribution in [1.82, 2.24) is 19.1 Å². The lowest BCUT2D eigenvalue weighted by molar-refractivity contribution is -0.141. The van der Waals surface area contributed by atoms with Crippen LogP contribution in [-0.4, -0.2) is 25.3 Å². The highest BCUT2D eigenvalue weighted by Gasteiger charge is 2.29. The van der Waals surface area contributed by atoms with E-state index in [0.717, 1.165) is 6.33 Å². The van der Waals surface area contributed by atoms with Crippen LogP contribution in [0, 0.1) is 0 Å². The Bertz CT molecular complexity index is 1260. The maximum Gasteiger partial charge on any atom is 0.406 e. The van der Waals surface area contributed by atoms with E-state index >= 15 is 0 Å². The number of nitrogens with zero attached hydrogens (tertiary/aromatic N) is 4. The Balaban J connectivity index is 2.04. The first-order valence-corrected chi connectivity index (χ1v) is 9.06. The van der Waals surface area contributed by atoms with Gasteiger partial charge in [-0.1, -0.05) is 35.3 Å². The van der Waals surface area contributed by atoms with Crippen molar-refractivity contribution in [3.05, 3.63) is 75.3 Å². The van der Waals surface area contributed by atoms with Crippen LogP contribution in [0.15, 0.2) is 59.7 Å². The van der Waals surface area contributed by atoms with E-state index in [1.54, 1.807) is 53.1 Å². The molecule has 0 aliphatic rings. The van der Waals surface area contributed by atoms with E-state index in [2.05, 4.69) is 9.97 Å². The van der Waals surface area contributed by atoms with Crippen molar-refractivity contribution < 1.29 is 13.2 Å². The minimum atomic E-state index is -4.57. The third-order valence-electron chi connectivity index (χ3n) is 4.19. The molecule has 10 heteroatoms. The molecule has 0 unspecified atom stereocenters. The first-order chi connectivity index (χ1) is 13.7. The second-order valence-corrected chi connectivity index (χ2v) is 7.04. The summed E-state index contributed by atoms with van der Waals surface area (Å²) in [6.07, 6.45) is -3.70. The number of fused-ring (bicyclic) bond motifs is 1. The molecule has 0 saturated heterocycles. The smallest absolute Gasteiger partial charge is 0.288 e. The third-order valence-corrected chi connectivity index (χ3v) is 4.77. The molecule has 0 N–H and O–H groups in total. The normalized spacial score (nSPS) is 11.9. The summed E-state index contributed by atoms with van der Waals surface area (Å²) >= 11 is 12.3. The van der Waals surface area contributed by atoms with Crippen molar-refractivity contribution in [2.75, 3.05) is 0 Å². The number of imidazole rings is 1. The quantitative estimate of drug-likeness (QED) is 0.446. The van der Waals surface area contributed by atoms with Crippen LogP contribution in [0.3, 0.4) is 0 Å². The van der Waals surface area contributed by atoms with E-state index in [0.29, 0.717) is 25.9 Å². The first-order valence-electron chi connectivity index (χ1n) is 8.30. The maximum absolute atomic E-state index is 12.8. The van der Waals surface area contributed by atoms with Crippen molar-refractivity contribution in [1.29, 1.82) is 0 Å². The van der Waals surface area contributed by atoms with Gasteiger partial charge in [0.2, 0.25) is 0 Å². The molecule has 2 aromatic carbocycles. The van der Waals surface area contributed by atoms with Crippen molar-refractivity contribution in [2.45, 2.75) is 12.7 Å². The highest BCUT2D eigenvalue weighted by atomic mass is 35.5. The van der Waals surface area contributed by atoms with E-state index in [4.69, 9.17) is 23.2 Å². The Labute approximate surface area is 172 Å². The van der Waals surface area contributed by atoms with Crippen LogP contribution in [0.2, 0.25) is 10.0 Å². The van der Waals surface area contributed by atoms with Gasteiger partial charge < -0.3 is 0 Å².